The maximum Gasteiger partial charge on any atom is 0.194 e. The molecule has 214 valence electrons. The fraction of sp³-hybridized carbons (Fsp3) is 0.500. The van der Waals surface area contributed by atoms with Gasteiger partial charge in [-0.2, -0.15) is 0 Å². The highest BCUT2D eigenvalue weighted by Gasteiger charge is 2.49. The minimum absolute atomic E-state index is 0.0255. The van der Waals surface area contributed by atoms with Crippen molar-refractivity contribution in [3.63, 3.8) is 0 Å². The van der Waals surface area contributed by atoms with Crippen molar-refractivity contribution in [2.75, 3.05) is 12.4 Å². The third-order valence-electron chi connectivity index (χ3n) is 7.22. The highest BCUT2D eigenvalue weighted by atomic mass is 32.2. The first kappa shape index (κ1) is 29.5. The molecule has 0 saturated carbocycles. The van der Waals surface area contributed by atoms with E-state index < -0.39 is 62.7 Å². The minimum atomic E-state index is -1.60. The Labute approximate surface area is 228 Å². The molecular formula is C28H36F3N3O4S. The smallest absolute Gasteiger partial charge is 0.194 e. The molecule has 1 aliphatic rings. The zero-order valence-corrected chi connectivity index (χ0v) is 23.2. The number of hydrogen-bond donors (Lipinski definition) is 5. The molecule has 0 bridgehead atoms. The predicted molar refractivity (Wildman–Crippen MR) is 145 cm³/mol. The van der Waals surface area contributed by atoms with Crippen molar-refractivity contribution < 1.29 is 33.6 Å². The maximum absolute atomic E-state index is 13.8. The van der Waals surface area contributed by atoms with Crippen LogP contribution in [0.1, 0.15) is 50.1 Å². The molecule has 0 radical (unpaired) electrons. The summed E-state index contributed by atoms with van der Waals surface area (Å²) in [6.07, 6.45) is -0.276. The Hall–Kier alpha value is -2.44. The van der Waals surface area contributed by atoms with Crippen molar-refractivity contribution in [2.24, 2.45) is 5.92 Å². The van der Waals surface area contributed by atoms with Crippen LogP contribution in [0.25, 0.3) is 11.3 Å². The molecule has 0 amide bonds. The zero-order chi connectivity index (χ0) is 28.6. The fourth-order valence-electron chi connectivity index (χ4n) is 5.60. The van der Waals surface area contributed by atoms with Crippen LogP contribution in [0.5, 0.6) is 0 Å². The van der Waals surface area contributed by atoms with Crippen LogP contribution in [-0.4, -0.2) is 70.8 Å². The zero-order valence-electron chi connectivity index (χ0n) is 22.3. The van der Waals surface area contributed by atoms with Gasteiger partial charge in [0.05, 0.1) is 30.6 Å². The average Bonchev–Trinajstić information content (AvgIpc) is 3.32. The summed E-state index contributed by atoms with van der Waals surface area (Å²) in [6, 6.07) is 8.41. The van der Waals surface area contributed by atoms with Gasteiger partial charge < -0.3 is 20.4 Å². The minimum Gasteiger partial charge on any atom is -0.395 e. The Bertz CT molecular complexity index is 1280. The van der Waals surface area contributed by atoms with E-state index in [0.29, 0.717) is 5.92 Å². The van der Waals surface area contributed by atoms with Gasteiger partial charge in [-0.15, -0.1) is 5.10 Å². The summed E-state index contributed by atoms with van der Waals surface area (Å²) in [5.74, 6) is -3.79. The van der Waals surface area contributed by atoms with Gasteiger partial charge in [0.2, 0.25) is 0 Å². The molecule has 2 heterocycles. The number of rotatable bonds is 8. The second-order valence-corrected chi connectivity index (χ2v) is 13.8. The Balaban J connectivity index is 1.69. The molecule has 1 fully saturated rings. The first-order valence-electron chi connectivity index (χ1n) is 12.9. The monoisotopic (exact) mass is 567 g/mol. The molecule has 1 aliphatic heterocycles. The molecule has 3 aromatic rings. The summed E-state index contributed by atoms with van der Waals surface area (Å²) in [5.41, 5.74) is 0.768. The van der Waals surface area contributed by atoms with Crippen molar-refractivity contribution in [2.45, 2.75) is 68.5 Å². The first-order chi connectivity index (χ1) is 18.3. The third kappa shape index (κ3) is 6.02. The van der Waals surface area contributed by atoms with Crippen LogP contribution in [0.4, 0.5) is 13.2 Å². The lowest BCUT2D eigenvalue weighted by Crippen LogP contribution is -2.52. The third-order valence-corrected chi connectivity index (χ3v) is 10.9. The van der Waals surface area contributed by atoms with E-state index >= 15 is 0 Å². The number of halogens is 3. The van der Waals surface area contributed by atoms with Crippen molar-refractivity contribution in [3.8, 4) is 11.3 Å². The molecule has 1 aromatic heterocycles. The standard InChI is InChI=1S/C28H36F3N3O4S/c1-15(2)9-16-7-5-6-8-18(16)27(28(3,4)38)39-14-22(36)25(26(37)23(39)13-35)34-12-21(32-33-34)17-10-19(29)24(31)20(30)11-17/h5-8,10-12,15,22-23,25-27,35-39H,9,13-14H2,1-4H3/t22-,23+,25-,26-,27-/m0/s1. The van der Waals surface area contributed by atoms with E-state index in [0.717, 1.165) is 29.7 Å². The van der Waals surface area contributed by atoms with Crippen LogP contribution in [-0.2, 0) is 6.42 Å². The molecule has 4 N–H and O–H groups in total. The summed E-state index contributed by atoms with van der Waals surface area (Å²) in [7, 11) is -1.35. The summed E-state index contributed by atoms with van der Waals surface area (Å²) < 4.78 is 42.1. The van der Waals surface area contributed by atoms with E-state index in [-0.39, 0.29) is 23.6 Å². The maximum atomic E-state index is 13.8. The second kappa shape index (κ2) is 11.6. The van der Waals surface area contributed by atoms with E-state index in [4.69, 9.17) is 0 Å². The van der Waals surface area contributed by atoms with E-state index in [2.05, 4.69) is 24.2 Å². The van der Waals surface area contributed by atoms with Gasteiger partial charge in [-0.3, -0.25) is 0 Å². The summed E-state index contributed by atoms with van der Waals surface area (Å²) in [4.78, 5) is 0. The van der Waals surface area contributed by atoms with Crippen LogP contribution in [0.3, 0.4) is 0 Å². The van der Waals surface area contributed by atoms with E-state index in [1.165, 1.54) is 10.9 Å². The van der Waals surface area contributed by atoms with Gasteiger partial charge in [0.1, 0.15) is 11.7 Å². The van der Waals surface area contributed by atoms with E-state index in [1.807, 2.05) is 24.3 Å². The number of aliphatic hydroxyl groups excluding tert-OH is 3. The lowest BCUT2D eigenvalue weighted by molar-refractivity contribution is 0.00570. The normalized spacial score (nSPS) is 25.7. The molecule has 0 aliphatic carbocycles. The van der Waals surface area contributed by atoms with Crippen LogP contribution in [0, 0.1) is 23.4 Å². The number of benzene rings is 2. The molecule has 4 rings (SSSR count). The molecule has 7 nitrogen and oxygen atoms in total. The van der Waals surface area contributed by atoms with Gasteiger partial charge in [0.25, 0.3) is 0 Å². The van der Waals surface area contributed by atoms with Crippen molar-refractivity contribution in [3.05, 3.63) is 71.2 Å². The second-order valence-electron chi connectivity index (χ2n) is 11.2. The van der Waals surface area contributed by atoms with Crippen molar-refractivity contribution in [1.29, 1.82) is 0 Å². The Morgan fingerprint density at radius 3 is 2.33 bits per heavy atom. The van der Waals surface area contributed by atoms with Gasteiger partial charge in [0.15, 0.2) is 17.5 Å². The highest BCUT2D eigenvalue weighted by molar-refractivity contribution is 8.18. The average molecular weight is 568 g/mol. The molecule has 2 aromatic carbocycles. The molecule has 11 heteroatoms. The molecule has 1 saturated heterocycles. The van der Waals surface area contributed by atoms with E-state index in [9.17, 15) is 33.6 Å². The highest BCUT2D eigenvalue weighted by Crippen LogP contribution is 2.58. The van der Waals surface area contributed by atoms with Crippen LogP contribution in [0.2, 0.25) is 0 Å². The van der Waals surface area contributed by atoms with Gasteiger partial charge in [-0.25, -0.2) is 28.7 Å². The molecule has 6 atom stereocenters. The fourth-order valence-corrected chi connectivity index (χ4v) is 9.31. The number of thiol groups is 1. The number of aromatic nitrogens is 3. The van der Waals surface area contributed by atoms with Crippen LogP contribution >= 0.6 is 10.9 Å². The largest absolute Gasteiger partial charge is 0.395 e. The number of nitrogens with zero attached hydrogens (tertiary/aromatic N) is 3. The number of hydrogen-bond acceptors (Lipinski definition) is 6. The Kier molecular flexibility index (Phi) is 8.77. The Morgan fingerprint density at radius 1 is 1.10 bits per heavy atom. The summed E-state index contributed by atoms with van der Waals surface area (Å²) >= 11 is 0. The molecular weight excluding hydrogens is 531 g/mol. The van der Waals surface area contributed by atoms with Gasteiger partial charge >= 0.3 is 0 Å². The number of aliphatic hydroxyl groups is 4. The van der Waals surface area contributed by atoms with Gasteiger partial charge in [-0.05, 0) is 49.4 Å². The lowest BCUT2D eigenvalue weighted by atomic mass is 9.90. The van der Waals surface area contributed by atoms with Gasteiger partial charge in [0, 0.05) is 21.8 Å². The molecule has 1 unspecified atom stereocenters. The topological polar surface area (TPSA) is 112 Å². The van der Waals surface area contributed by atoms with Crippen LogP contribution in [0.15, 0.2) is 42.6 Å². The van der Waals surface area contributed by atoms with Crippen molar-refractivity contribution >= 4 is 10.9 Å². The predicted octanol–water partition coefficient (Wildman–Crippen LogP) is 3.71. The van der Waals surface area contributed by atoms with Gasteiger partial charge in [-0.1, -0.05) is 43.3 Å². The Morgan fingerprint density at radius 2 is 1.74 bits per heavy atom. The summed E-state index contributed by atoms with van der Waals surface area (Å²) in [5, 5.41) is 51.3. The van der Waals surface area contributed by atoms with E-state index in [1.54, 1.807) is 13.8 Å². The molecule has 0 spiro atoms. The SMILES string of the molecule is CC(C)Cc1ccccc1[C@H]([SH]1C[C@H](O)[C@H](n2cc(-c3cc(F)c(F)c(F)c3)nn2)[C@@H](O)[C@H]1CO)C(C)(C)O. The first-order valence-corrected chi connectivity index (χ1v) is 14.6. The van der Waals surface area contributed by atoms with Crippen molar-refractivity contribution in [1.82, 2.24) is 15.0 Å². The lowest BCUT2D eigenvalue weighted by Gasteiger charge is -2.51. The van der Waals surface area contributed by atoms with Crippen LogP contribution < -0.4 is 0 Å². The molecule has 39 heavy (non-hydrogen) atoms. The quantitative estimate of drug-likeness (QED) is 0.210. The summed E-state index contributed by atoms with van der Waals surface area (Å²) in [6.45, 7) is 7.24.